The lowest BCUT2D eigenvalue weighted by Crippen LogP contribution is -2.46. The Morgan fingerprint density at radius 2 is 2.38 bits per heavy atom. The van der Waals surface area contributed by atoms with E-state index in [9.17, 15) is 0 Å². The van der Waals surface area contributed by atoms with Crippen molar-refractivity contribution in [3.8, 4) is 0 Å². The van der Waals surface area contributed by atoms with Crippen LogP contribution in [0.1, 0.15) is 19.4 Å². The van der Waals surface area contributed by atoms with E-state index in [1.165, 1.54) is 5.56 Å². The van der Waals surface area contributed by atoms with Crippen LogP contribution in [0, 0.1) is 0 Å². The average molecular weight is 285 g/mol. The predicted octanol–water partition coefficient (Wildman–Crippen LogP) is 2.45. The zero-order valence-corrected chi connectivity index (χ0v) is 11.3. The Hall–Kier alpha value is -0.450. The van der Waals surface area contributed by atoms with Gasteiger partial charge in [0, 0.05) is 25.3 Å². The van der Waals surface area contributed by atoms with Gasteiger partial charge in [-0.25, -0.2) is 4.98 Å². The van der Waals surface area contributed by atoms with E-state index in [4.69, 9.17) is 4.74 Å². The van der Waals surface area contributed by atoms with Gasteiger partial charge >= 0.3 is 0 Å². The Kier molecular flexibility index (Phi) is 3.95. The Bertz CT molecular complexity index is 359. The van der Waals surface area contributed by atoms with Crippen LogP contribution in [0.5, 0.6) is 0 Å². The van der Waals surface area contributed by atoms with Crippen molar-refractivity contribution in [2.75, 3.05) is 13.2 Å². The summed E-state index contributed by atoms with van der Waals surface area (Å²) in [6.07, 6.45) is 2.18. The summed E-state index contributed by atoms with van der Waals surface area (Å²) < 4.78 is 6.52. The lowest BCUT2D eigenvalue weighted by molar-refractivity contribution is -0.0526. The maximum absolute atomic E-state index is 5.62. The summed E-state index contributed by atoms with van der Waals surface area (Å²) >= 11 is 3.40. The number of ether oxygens (including phenoxy) is 1. The molecule has 1 aliphatic rings. The molecule has 0 aromatic carbocycles. The summed E-state index contributed by atoms with van der Waals surface area (Å²) in [7, 11) is 0. The van der Waals surface area contributed by atoms with Crippen LogP contribution in [-0.2, 0) is 11.3 Å². The predicted molar refractivity (Wildman–Crippen MR) is 67.2 cm³/mol. The Labute approximate surface area is 105 Å². The number of aromatic nitrogens is 1. The Balaban J connectivity index is 2.02. The molecule has 0 amide bonds. The highest BCUT2D eigenvalue weighted by molar-refractivity contribution is 9.10. The van der Waals surface area contributed by atoms with Gasteiger partial charge in [-0.3, -0.25) is 4.90 Å². The fourth-order valence-corrected chi connectivity index (χ4v) is 2.38. The quantitative estimate of drug-likeness (QED) is 0.780. The molecule has 2 atom stereocenters. The summed E-state index contributed by atoms with van der Waals surface area (Å²) in [6, 6.07) is 4.63. The van der Waals surface area contributed by atoms with Crippen LogP contribution in [0.2, 0.25) is 0 Å². The van der Waals surface area contributed by atoms with Gasteiger partial charge in [0.1, 0.15) is 4.60 Å². The van der Waals surface area contributed by atoms with E-state index in [-0.39, 0.29) is 0 Å². The van der Waals surface area contributed by atoms with Gasteiger partial charge in [-0.15, -0.1) is 0 Å². The fourth-order valence-electron chi connectivity index (χ4n) is 1.97. The second kappa shape index (κ2) is 5.25. The van der Waals surface area contributed by atoms with Crippen LogP contribution in [0.4, 0.5) is 0 Å². The standard InChI is InChI=1S/C12H17BrN2O/c1-9-8-16-10(2)6-15(9)7-11-3-4-14-12(13)5-11/h3-5,9-10H,6-8H2,1-2H3/t9-,10-/m0/s1. The number of pyridine rings is 1. The number of rotatable bonds is 2. The molecule has 1 aromatic rings. The Morgan fingerprint density at radius 1 is 1.56 bits per heavy atom. The summed E-state index contributed by atoms with van der Waals surface area (Å²) in [5, 5.41) is 0. The second-order valence-corrected chi connectivity index (χ2v) is 5.22. The molecule has 1 fully saturated rings. The van der Waals surface area contributed by atoms with Crippen molar-refractivity contribution < 1.29 is 4.74 Å². The molecule has 0 N–H and O–H groups in total. The molecule has 16 heavy (non-hydrogen) atoms. The largest absolute Gasteiger partial charge is 0.376 e. The first-order valence-corrected chi connectivity index (χ1v) is 6.40. The molecule has 4 heteroatoms. The summed E-state index contributed by atoms with van der Waals surface area (Å²) in [5.41, 5.74) is 1.29. The first kappa shape index (κ1) is 12.0. The number of nitrogens with zero attached hydrogens (tertiary/aromatic N) is 2. The number of morpholine rings is 1. The molecule has 2 rings (SSSR count). The van der Waals surface area contributed by atoms with E-state index in [0.29, 0.717) is 12.1 Å². The minimum atomic E-state index is 0.335. The van der Waals surface area contributed by atoms with Crippen LogP contribution in [0.25, 0.3) is 0 Å². The molecule has 0 aliphatic carbocycles. The lowest BCUT2D eigenvalue weighted by Gasteiger charge is -2.36. The monoisotopic (exact) mass is 284 g/mol. The lowest BCUT2D eigenvalue weighted by atomic mass is 10.1. The molecule has 1 aliphatic heterocycles. The summed E-state index contributed by atoms with van der Waals surface area (Å²) in [6.45, 7) is 7.13. The van der Waals surface area contributed by atoms with E-state index in [2.05, 4.69) is 51.8 Å². The van der Waals surface area contributed by atoms with Gasteiger partial charge in [0.15, 0.2) is 0 Å². The highest BCUT2D eigenvalue weighted by atomic mass is 79.9. The Morgan fingerprint density at radius 3 is 3.12 bits per heavy atom. The molecule has 0 saturated carbocycles. The average Bonchev–Trinajstić information content (AvgIpc) is 2.24. The van der Waals surface area contributed by atoms with Crippen molar-refractivity contribution in [2.24, 2.45) is 0 Å². The van der Waals surface area contributed by atoms with E-state index >= 15 is 0 Å². The smallest absolute Gasteiger partial charge is 0.106 e. The van der Waals surface area contributed by atoms with Crippen LogP contribution in [0.15, 0.2) is 22.9 Å². The molecule has 88 valence electrons. The number of halogens is 1. The van der Waals surface area contributed by atoms with Crippen LogP contribution < -0.4 is 0 Å². The molecule has 0 spiro atoms. The minimum Gasteiger partial charge on any atom is -0.376 e. The van der Waals surface area contributed by atoms with Crippen LogP contribution in [-0.4, -0.2) is 35.2 Å². The molecule has 1 saturated heterocycles. The molecule has 0 unspecified atom stereocenters. The second-order valence-electron chi connectivity index (χ2n) is 4.41. The third kappa shape index (κ3) is 3.03. The topological polar surface area (TPSA) is 25.4 Å². The van der Waals surface area contributed by atoms with E-state index in [1.807, 2.05) is 6.20 Å². The molecule has 1 aromatic heterocycles. The van der Waals surface area contributed by atoms with E-state index in [0.717, 1.165) is 24.3 Å². The van der Waals surface area contributed by atoms with Gasteiger partial charge in [0.25, 0.3) is 0 Å². The number of hydrogen-bond acceptors (Lipinski definition) is 3. The maximum atomic E-state index is 5.62. The van der Waals surface area contributed by atoms with Crippen molar-refractivity contribution in [3.05, 3.63) is 28.5 Å². The molecular formula is C12H17BrN2O. The van der Waals surface area contributed by atoms with Gasteiger partial charge in [0.05, 0.1) is 12.7 Å². The first-order chi connectivity index (χ1) is 7.65. The van der Waals surface area contributed by atoms with Gasteiger partial charge < -0.3 is 4.74 Å². The number of hydrogen-bond donors (Lipinski definition) is 0. The zero-order valence-electron chi connectivity index (χ0n) is 9.69. The zero-order chi connectivity index (χ0) is 11.5. The summed E-state index contributed by atoms with van der Waals surface area (Å²) in [5.74, 6) is 0. The van der Waals surface area contributed by atoms with E-state index in [1.54, 1.807) is 0 Å². The molecule has 2 heterocycles. The van der Waals surface area contributed by atoms with Crippen molar-refractivity contribution in [3.63, 3.8) is 0 Å². The van der Waals surface area contributed by atoms with Crippen molar-refractivity contribution in [1.29, 1.82) is 0 Å². The molecule has 0 bridgehead atoms. The van der Waals surface area contributed by atoms with Crippen molar-refractivity contribution >= 4 is 15.9 Å². The third-order valence-corrected chi connectivity index (χ3v) is 3.35. The minimum absolute atomic E-state index is 0.335. The molecule has 0 radical (unpaired) electrons. The van der Waals surface area contributed by atoms with Gasteiger partial charge in [-0.2, -0.15) is 0 Å². The van der Waals surface area contributed by atoms with Crippen molar-refractivity contribution in [1.82, 2.24) is 9.88 Å². The van der Waals surface area contributed by atoms with Gasteiger partial charge in [-0.1, -0.05) is 0 Å². The summed E-state index contributed by atoms with van der Waals surface area (Å²) in [4.78, 5) is 6.59. The fraction of sp³-hybridized carbons (Fsp3) is 0.583. The van der Waals surface area contributed by atoms with Crippen LogP contribution >= 0.6 is 15.9 Å². The highest BCUT2D eigenvalue weighted by Gasteiger charge is 2.23. The molecular weight excluding hydrogens is 268 g/mol. The molecule has 3 nitrogen and oxygen atoms in total. The van der Waals surface area contributed by atoms with E-state index < -0.39 is 0 Å². The van der Waals surface area contributed by atoms with Gasteiger partial charge in [0.2, 0.25) is 0 Å². The van der Waals surface area contributed by atoms with Gasteiger partial charge in [-0.05, 0) is 47.5 Å². The highest BCUT2D eigenvalue weighted by Crippen LogP contribution is 2.16. The first-order valence-electron chi connectivity index (χ1n) is 5.61. The maximum Gasteiger partial charge on any atom is 0.106 e. The normalized spacial score (nSPS) is 26.9. The van der Waals surface area contributed by atoms with Crippen LogP contribution in [0.3, 0.4) is 0 Å². The SMILES string of the molecule is C[C@H]1CN(Cc2ccnc(Br)c2)[C@@H](C)CO1. The third-order valence-electron chi connectivity index (χ3n) is 2.91. The van der Waals surface area contributed by atoms with Crippen molar-refractivity contribution in [2.45, 2.75) is 32.5 Å².